The SMILES string of the molecule is CN(C)C1(CNC2CC3CCC2(C)C3(C)C)CCCC1. The standard InChI is InChI=1S/C18H34N2/c1-16(2)14-8-11-17(16,3)15(12-14)19-13-18(20(4)5)9-6-7-10-18/h14-15,19H,6-13H2,1-5H3. The van der Waals surface area contributed by atoms with Crippen LogP contribution in [0.1, 0.15) is 65.7 Å². The molecule has 3 rings (SSSR count). The van der Waals surface area contributed by atoms with Crippen molar-refractivity contribution in [2.75, 3.05) is 20.6 Å². The highest BCUT2D eigenvalue weighted by molar-refractivity contribution is 5.13. The lowest BCUT2D eigenvalue weighted by atomic mass is 9.69. The van der Waals surface area contributed by atoms with Crippen LogP contribution in [0.4, 0.5) is 0 Å². The van der Waals surface area contributed by atoms with Gasteiger partial charge >= 0.3 is 0 Å². The molecule has 2 heteroatoms. The summed E-state index contributed by atoms with van der Waals surface area (Å²) in [6.45, 7) is 8.78. The van der Waals surface area contributed by atoms with Gasteiger partial charge in [-0.15, -0.1) is 0 Å². The largest absolute Gasteiger partial charge is 0.312 e. The van der Waals surface area contributed by atoms with E-state index >= 15 is 0 Å². The first-order valence-electron chi connectivity index (χ1n) is 8.73. The van der Waals surface area contributed by atoms with Crippen LogP contribution in [0, 0.1) is 16.7 Å². The molecule has 3 atom stereocenters. The van der Waals surface area contributed by atoms with Crippen LogP contribution >= 0.6 is 0 Å². The Bertz CT molecular complexity index is 368. The second-order valence-corrected chi connectivity index (χ2v) is 8.87. The molecule has 2 nitrogen and oxygen atoms in total. The Morgan fingerprint density at radius 2 is 1.70 bits per heavy atom. The van der Waals surface area contributed by atoms with E-state index in [0.29, 0.717) is 16.4 Å². The number of nitrogens with zero attached hydrogens (tertiary/aromatic N) is 1. The van der Waals surface area contributed by atoms with Crippen molar-refractivity contribution in [3.05, 3.63) is 0 Å². The fourth-order valence-electron chi connectivity index (χ4n) is 5.64. The van der Waals surface area contributed by atoms with E-state index in [1.165, 1.54) is 51.5 Å². The lowest BCUT2D eigenvalue weighted by molar-refractivity contribution is 0.0984. The Morgan fingerprint density at radius 3 is 2.15 bits per heavy atom. The van der Waals surface area contributed by atoms with Gasteiger partial charge in [-0.2, -0.15) is 0 Å². The fourth-order valence-corrected chi connectivity index (χ4v) is 5.64. The summed E-state index contributed by atoms with van der Waals surface area (Å²) in [5.74, 6) is 0.948. The van der Waals surface area contributed by atoms with Crippen molar-refractivity contribution in [2.24, 2.45) is 16.7 Å². The van der Waals surface area contributed by atoms with Crippen LogP contribution in [0.3, 0.4) is 0 Å². The molecule has 0 aliphatic heterocycles. The van der Waals surface area contributed by atoms with Crippen LogP contribution in [-0.4, -0.2) is 37.1 Å². The summed E-state index contributed by atoms with van der Waals surface area (Å²) in [6.07, 6.45) is 9.88. The van der Waals surface area contributed by atoms with Gasteiger partial charge in [0.15, 0.2) is 0 Å². The Labute approximate surface area is 125 Å². The van der Waals surface area contributed by atoms with Gasteiger partial charge < -0.3 is 10.2 Å². The number of nitrogens with one attached hydrogen (secondary N) is 1. The molecule has 0 aromatic carbocycles. The summed E-state index contributed by atoms with van der Waals surface area (Å²) in [7, 11) is 4.55. The molecular formula is C18H34N2. The molecule has 0 amide bonds. The highest BCUT2D eigenvalue weighted by atomic mass is 15.2. The number of hydrogen-bond donors (Lipinski definition) is 1. The first-order chi connectivity index (χ1) is 9.32. The third-order valence-corrected chi connectivity index (χ3v) is 7.95. The van der Waals surface area contributed by atoms with Gasteiger partial charge in [-0.3, -0.25) is 0 Å². The molecule has 3 saturated carbocycles. The van der Waals surface area contributed by atoms with Crippen molar-refractivity contribution < 1.29 is 0 Å². The normalized spacial score (nSPS) is 41.7. The first kappa shape index (κ1) is 14.8. The molecule has 3 aliphatic carbocycles. The number of likely N-dealkylation sites (N-methyl/N-ethyl adjacent to an activating group) is 1. The minimum atomic E-state index is 0.433. The van der Waals surface area contributed by atoms with Crippen LogP contribution in [-0.2, 0) is 0 Å². The molecular weight excluding hydrogens is 244 g/mol. The predicted octanol–water partition coefficient (Wildman–Crippen LogP) is 3.67. The van der Waals surface area contributed by atoms with Gasteiger partial charge in [-0.1, -0.05) is 33.6 Å². The molecule has 3 fully saturated rings. The summed E-state index contributed by atoms with van der Waals surface area (Å²) in [5.41, 5.74) is 1.48. The quantitative estimate of drug-likeness (QED) is 0.844. The van der Waals surface area contributed by atoms with E-state index in [4.69, 9.17) is 0 Å². The third-order valence-electron chi connectivity index (χ3n) is 7.95. The van der Waals surface area contributed by atoms with Crippen molar-refractivity contribution in [1.82, 2.24) is 10.2 Å². The van der Waals surface area contributed by atoms with Crippen molar-refractivity contribution in [2.45, 2.75) is 77.3 Å². The van der Waals surface area contributed by atoms with E-state index in [1.807, 2.05) is 0 Å². The zero-order valence-electron chi connectivity index (χ0n) is 14.3. The Hall–Kier alpha value is -0.0800. The van der Waals surface area contributed by atoms with Crippen LogP contribution in [0.25, 0.3) is 0 Å². The topological polar surface area (TPSA) is 15.3 Å². The molecule has 0 heterocycles. The summed E-state index contributed by atoms with van der Waals surface area (Å²) in [4.78, 5) is 2.49. The smallest absolute Gasteiger partial charge is 0.0327 e. The maximum absolute atomic E-state index is 4.03. The van der Waals surface area contributed by atoms with E-state index in [1.54, 1.807) is 0 Å². The van der Waals surface area contributed by atoms with Crippen LogP contribution < -0.4 is 5.32 Å². The van der Waals surface area contributed by atoms with Gasteiger partial charge in [0.2, 0.25) is 0 Å². The summed E-state index contributed by atoms with van der Waals surface area (Å²) in [6, 6.07) is 0.744. The van der Waals surface area contributed by atoms with E-state index in [-0.39, 0.29) is 0 Å². The zero-order chi connectivity index (χ0) is 14.6. The molecule has 3 aliphatic rings. The van der Waals surface area contributed by atoms with Gasteiger partial charge in [0.05, 0.1) is 0 Å². The Morgan fingerprint density at radius 1 is 1.05 bits per heavy atom. The van der Waals surface area contributed by atoms with Crippen molar-refractivity contribution >= 4 is 0 Å². The summed E-state index contributed by atoms with van der Waals surface area (Å²) in [5, 5.41) is 4.03. The molecule has 2 bridgehead atoms. The highest BCUT2D eigenvalue weighted by Crippen LogP contribution is 2.65. The van der Waals surface area contributed by atoms with Crippen LogP contribution in [0.15, 0.2) is 0 Å². The molecule has 3 unspecified atom stereocenters. The number of fused-ring (bicyclic) bond motifs is 2. The van der Waals surface area contributed by atoms with Crippen LogP contribution in [0.5, 0.6) is 0 Å². The van der Waals surface area contributed by atoms with E-state index in [2.05, 4.69) is 45.1 Å². The molecule has 0 saturated heterocycles. The maximum atomic E-state index is 4.03. The van der Waals surface area contributed by atoms with E-state index < -0.39 is 0 Å². The van der Waals surface area contributed by atoms with E-state index in [9.17, 15) is 0 Å². The van der Waals surface area contributed by atoms with Gasteiger partial charge in [0, 0.05) is 18.1 Å². The Balaban J connectivity index is 1.68. The second-order valence-electron chi connectivity index (χ2n) is 8.87. The molecule has 0 aromatic rings. The average molecular weight is 278 g/mol. The molecule has 116 valence electrons. The molecule has 0 spiro atoms. The summed E-state index contributed by atoms with van der Waals surface area (Å²) >= 11 is 0. The van der Waals surface area contributed by atoms with Crippen molar-refractivity contribution in [3.63, 3.8) is 0 Å². The molecule has 20 heavy (non-hydrogen) atoms. The number of rotatable bonds is 4. The predicted molar refractivity (Wildman–Crippen MR) is 85.9 cm³/mol. The fraction of sp³-hybridized carbons (Fsp3) is 1.00. The lowest BCUT2D eigenvalue weighted by Crippen LogP contribution is -2.54. The monoisotopic (exact) mass is 278 g/mol. The first-order valence-corrected chi connectivity index (χ1v) is 8.73. The minimum absolute atomic E-state index is 0.433. The zero-order valence-corrected chi connectivity index (χ0v) is 14.3. The second kappa shape index (κ2) is 4.71. The van der Waals surface area contributed by atoms with Gasteiger partial charge in [-0.05, 0) is 62.9 Å². The molecule has 0 radical (unpaired) electrons. The van der Waals surface area contributed by atoms with Crippen molar-refractivity contribution in [1.29, 1.82) is 0 Å². The van der Waals surface area contributed by atoms with Gasteiger partial charge in [0.25, 0.3) is 0 Å². The minimum Gasteiger partial charge on any atom is -0.312 e. The molecule has 1 N–H and O–H groups in total. The van der Waals surface area contributed by atoms with E-state index in [0.717, 1.165) is 12.0 Å². The Kier molecular flexibility index (Phi) is 3.49. The number of hydrogen-bond acceptors (Lipinski definition) is 2. The van der Waals surface area contributed by atoms with Crippen LogP contribution in [0.2, 0.25) is 0 Å². The maximum Gasteiger partial charge on any atom is 0.0327 e. The third kappa shape index (κ3) is 1.90. The van der Waals surface area contributed by atoms with Gasteiger partial charge in [0.1, 0.15) is 0 Å². The summed E-state index contributed by atoms with van der Waals surface area (Å²) < 4.78 is 0. The molecule has 0 aromatic heterocycles. The highest BCUT2D eigenvalue weighted by Gasteiger charge is 2.61. The van der Waals surface area contributed by atoms with Crippen molar-refractivity contribution in [3.8, 4) is 0 Å². The average Bonchev–Trinajstić information content (AvgIpc) is 2.99. The lowest BCUT2D eigenvalue weighted by Gasteiger charge is -2.43. The van der Waals surface area contributed by atoms with Gasteiger partial charge in [-0.25, -0.2) is 0 Å².